The van der Waals surface area contributed by atoms with Crippen LogP contribution in [0.15, 0.2) is 42.9 Å². The first-order valence-corrected chi connectivity index (χ1v) is 7.09. The molecule has 21 heavy (non-hydrogen) atoms. The van der Waals surface area contributed by atoms with Crippen LogP contribution < -0.4 is 5.32 Å². The Hall–Kier alpha value is -2.49. The minimum atomic E-state index is 0.329. The second kappa shape index (κ2) is 5.48. The first-order chi connectivity index (χ1) is 10.2. The van der Waals surface area contributed by atoms with Gasteiger partial charge in [-0.1, -0.05) is 32.0 Å². The number of nitrogens with zero attached hydrogens (tertiary/aromatic N) is 3. The molecule has 4 heteroatoms. The molecule has 2 aromatic heterocycles. The molecule has 1 N–H and O–H groups in total. The predicted molar refractivity (Wildman–Crippen MR) is 86.4 cm³/mol. The van der Waals surface area contributed by atoms with Crippen molar-refractivity contribution < 1.29 is 0 Å². The Kier molecular flexibility index (Phi) is 3.52. The average Bonchev–Trinajstić information content (AvgIpc) is 2.53. The molecule has 4 nitrogen and oxygen atoms in total. The van der Waals surface area contributed by atoms with Gasteiger partial charge in [0.1, 0.15) is 12.1 Å². The standard InChI is InChI=1S/C17H18N4/c1-11(2)15-16(20-10-21-17(15)18-3)13-6-4-8-14-12(13)7-5-9-19-14/h4-11H,1-3H3,(H,18,20,21). The number of fused-ring (bicyclic) bond motifs is 1. The Labute approximate surface area is 124 Å². The van der Waals surface area contributed by atoms with Gasteiger partial charge in [-0.05, 0) is 18.1 Å². The minimum absolute atomic E-state index is 0.329. The molecular formula is C17H18N4. The maximum absolute atomic E-state index is 4.55. The third kappa shape index (κ3) is 2.33. The second-order valence-corrected chi connectivity index (χ2v) is 5.26. The Balaban J connectivity index is 2.33. The van der Waals surface area contributed by atoms with Gasteiger partial charge in [-0.15, -0.1) is 0 Å². The summed E-state index contributed by atoms with van der Waals surface area (Å²) >= 11 is 0. The van der Waals surface area contributed by atoms with Gasteiger partial charge in [-0.2, -0.15) is 0 Å². The van der Waals surface area contributed by atoms with Crippen molar-refractivity contribution in [2.45, 2.75) is 19.8 Å². The van der Waals surface area contributed by atoms with Crippen LogP contribution in [0.4, 0.5) is 5.82 Å². The zero-order valence-corrected chi connectivity index (χ0v) is 12.5. The van der Waals surface area contributed by atoms with Gasteiger partial charge in [0, 0.05) is 29.8 Å². The number of anilines is 1. The molecule has 0 amide bonds. The molecule has 0 spiro atoms. The molecule has 3 aromatic rings. The van der Waals surface area contributed by atoms with Crippen LogP contribution >= 0.6 is 0 Å². The van der Waals surface area contributed by atoms with E-state index < -0.39 is 0 Å². The van der Waals surface area contributed by atoms with Crippen LogP contribution in [0.5, 0.6) is 0 Å². The summed E-state index contributed by atoms with van der Waals surface area (Å²) in [7, 11) is 1.89. The van der Waals surface area contributed by atoms with Crippen LogP contribution in [0.2, 0.25) is 0 Å². The Bertz CT molecular complexity index is 775. The molecule has 0 saturated heterocycles. The summed E-state index contributed by atoms with van der Waals surface area (Å²) in [6.45, 7) is 4.32. The monoisotopic (exact) mass is 278 g/mol. The van der Waals surface area contributed by atoms with Crippen LogP contribution in [0.1, 0.15) is 25.3 Å². The molecule has 0 fully saturated rings. The Morgan fingerprint density at radius 2 is 1.86 bits per heavy atom. The summed E-state index contributed by atoms with van der Waals surface area (Å²) in [4.78, 5) is 13.3. The van der Waals surface area contributed by atoms with Crippen LogP contribution in [-0.4, -0.2) is 22.0 Å². The number of nitrogens with one attached hydrogen (secondary N) is 1. The number of hydrogen-bond donors (Lipinski definition) is 1. The molecule has 0 aliphatic rings. The molecular weight excluding hydrogens is 260 g/mol. The lowest BCUT2D eigenvalue weighted by molar-refractivity contribution is 0.852. The third-order valence-electron chi connectivity index (χ3n) is 3.60. The lowest BCUT2D eigenvalue weighted by Crippen LogP contribution is -2.04. The van der Waals surface area contributed by atoms with Crippen LogP contribution in [0.25, 0.3) is 22.2 Å². The van der Waals surface area contributed by atoms with E-state index in [0.717, 1.165) is 33.5 Å². The van der Waals surface area contributed by atoms with Gasteiger partial charge in [-0.3, -0.25) is 4.98 Å². The lowest BCUT2D eigenvalue weighted by Gasteiger charge is -2.16. The summed E-state index contributed by atoms with van der Waals surface area (Å²) in [6, 6.07) is 10.2. The molecule has 0 radical (unpaired) electrons. The highest BCUT2D eigenvalue weighted by Crippen LogP contribution is 2.34. The number of hydrogen-bond acceptors (Lipinski definition) is 4. The van der Waals surface area contributed by atoms with Crippen molar-refractivity contribution in [3.63, 3.8) is 0 Å². The second-order valence-electron chi connectivity index (χ2n) is 5.26. The zero-order valence-electron chi connectivity index (χ0n) is 12.5. The van der Waals surface area contributed by atoms with Crippen molar-refractivity contribution in [3.05, 3.63) is 48.4 Å². The smallest absolute Gasteiger partial charge is 0.133 e. The first kappa shape index (κ1) is 13.5. The normalized spacial score (nSPS) is 11.0. The van der Waals surface area contributed by atoms with Crippen molar-refractivity contribution in [1.82, 2.24) is 15.0 Å². The minimum Gasteiger partial charge on any atom is -0.373 e. The highest BCUT2D eigenvalue weighted by atomic mass is 15.0. The molecule has 0 aliphatic carbocycles. The number of aromatic nitrogens is 3. The molecule has 0 bridgehead atoms. The number of benzene rings is 1. The van der Waals surface area contributed by atoms with Gasteiger partial charge < -0.3 is 5.32 Å². The van der Waals surface area contributed by atoms with Gasteiger partial charge in [0.25, 0.3) is 0 Å². The molecule has 0 unspecified atom stereocenters. The van der Waals surface area contributed by atoms with Gasteiger partial charge in [0.05, 0.1) is 11.2 Å². The van der Waals surface area contributed by atoms with Gasteiger partial charge >= 0.3 is 0 Å². The summed E-state index contributed by atoms with van der Waals surface area (Å²) in [5, 5.41) is 4.28. The van der Waals surface area contributed by atoms with E-state index in [1.807, 2.05) is 31.4 Å². The largest absolute Gasteiger partial charge is 0.373 e. The van der Waals surface area contributed by atoms with E-state index in [2.05, 4.69) is 46.2 Å². The zero-order chi connectivity index (χ0) is 14.8. The van der Waals surface area contributed by atoms with Crippen LogP contribution in [0, 0.1) is 0 Å². The van der Waals surface area contributed by atoms with Crippen molar-refractivity contribution in [3.8, 4) is 11.3 Å². The van der Waals surface area contributed by atoms with Crippen LogP contribution in [0.3, 0.4) is 0 Å². The van der Waals surface area contributed by atoms with Gasteiger partial charge in [0.15, 0.2) is 0 Å². The Morgan fingerprint density at radius 3 is 2.62 bits per heavy atom. The molecule has 0 atom stereocenters. The van der Waals surface area contributed by atoms with Crippen molar-refractivity contribution in [2.24, 2.45) is 0 Å². The maximum atomic E-state index is 4.55. The summed E-state index contributed by atoms with van der Waals surface area (Å²) in [6.07, 6.45) is 3.43. The topological polar surface area (TPSA) is 50.7 Å². The molecule has 106 valence electrons. The predicted octanol–water partition coefficient (Wildman–Crippen LogP) is 3.86. The summed E-state index contributed by atoms with van der Waals surface area (Å²) in [5.74, 6) is 1.21. The fourth-order valence-corrected chi connectivity index (χ4v) is 2.67. The van der Waals surface area contributed by atoms with Crippen molar-refractivity contribution in [1.29, 1.82) is 0 Å². The van der Waals surface area contributed by atoms with E-state index >= 15 is 0 Å². The van der Waals surface area contributed by atoms with Crippen molar-refractivity contribution in [2.75, 3.05) is 12.4 Å². The molecule has 1 aromatic carbocycles. The number of rotatable bonds is 3. The highest BCUT2D eigenvalue weighted by molar-refractivity contribution is 5.94. The SMILES string of the molecule is CNc1ncnc(-c2cccc3ncccc23)c1C(C)C. The molecule has 0 saturated carbocycles. The molecule has 2 heterocycles. The highest BCUT2D eigenvalue weighted by Gasteiger charge is 2.17. The lowest BCUT2D eigenvalue weighted by atomic mass is 9.95. The fourth-order valence-electron chi connectivity index (χ4n) is 2.67. The Morgan fingerprint density at radius 1 is 1.00 bits per heavy atom. The van der Waals surface area contributed by atoms with Crippen molar-refractivity contribution >= 4 is 16.7 Å². The van der Waals surface area contributed by atoms with E-state index in [4.69, 9.17) is 0 Å². The number of pyridine rings is 1. The molecule has 3 rings (SSSR count). The summed E-state index contributed by atoms with van der Waals surface area (Å²) in [5.41, 5.74) is 4.19. The average molecular weight is 278 g/mol. The fraction of sp³-hybridized carbons (Fsp3) is 0.235. The van der Waals surface area contributed by atoms with Gasteiger partial charge in [0.2, 0.25) is 0 Å². The van der Waals surface area contributed by atoms with Gasteiger partial charge in [-0.25, -0.2) is 9.97 Å². The summed E-state index contributed by atoms with van der Waals surface area (Å²) < 4.78 is 0. The van der Waals surface area contributed by atoms with E-state index in [-0.39, 0.29) is 0 Å². The first-order valence-electron chi connectivity index (χ1n) is 7.09. The molecule has 0 aliphatic heterocycles. The maximum Gasteiger partial charge on any atom is 0.133 e. The van der Waals surface area contributed by atoms with Crippen LogP contribution in [-0.2, 0) is 0 Å². The van der Waals surface area contributed by atoms with E-state index in [9.17, 15) is 0 Å². The quantitative estimate of drug-likeness (QED) is 0.790. The third-order valence-corrected chi connectivity index (χ3v) is 3.60. The van der Waals surface area contributed by atoms with E-state index in [0.29, 0.717) is 5.92 Å². The van der Waals surface area contributed by atoms with E-state index in [1.54, 1.807) is 6.33 Å². The van der Waals surface area contributed by atoms with E-state index in [1.165, 1.54) is 0 Å².